The minimum Gasteiger partial charge on any atom is -0.341 e. The van der Waals surface area contributed by atoms with Crippen LogP contribution in [0.5, 0.6) is 0 Å². The number of rotatable bonds is 7. The van der Waals surface area contributed by atoms with Crippen LogP contribution in [0.25, 0.3) is 0 Å². The lowest BCUT2D eigenvalue weighted by Crippen LogP contribution is -2.36. The summed E-state index contributed by atoms with van der Waals surface area (Å²) in [6.45, 7) is 11.1. The van der Waals surface area contributed by atoms with Crippen LogP contribution in [0.3, 0.4) is 0 Å². The van der Waals surface area contributed by atoms with Crippen molar-refractivity contribution in [2.45, 2.75) is 40.3 Å². The summed E-state index contributed by atoms with van der Waals surface area (Å²) in [5.74, 6) is 0.149. The van der Waals surface area contributed by atoms with E-state index in [-0.39, 0.29) is 11.9 Å². The van der Waals surface area contributed by atoms with E-state index in [1.165, 1.54) is 0 Å². The summed E-state index contributed by atoms with van der Waals surface area (Å²) in [6, 6.07) is -0.193. The van der Waals surface area contributed by atoms with Gasteiger partial charge in [-0.05, 0) is 27.3 Å². The summed E-state index contributed by atoms with van der Waals surface area (Å²) in [6.07, 6.45) is 3.55. The average molecular weight is 252 g/mol. The molecule has 0 bridgehead atoms. The van der Waals surface area contributed by atoms with Crippen molar-refractivity contribution in [3.63, 3.8) is 0 Å². The van der Waals surface area contributed by atoms with Crippen LogP contribution < -0.4 is 5.32 Å². The number of nitrogens with one attached hydrogen (secondary N) is 1. The van der Waals surface area contributed by atoms with Crippen molar-refractivity contribution in [2.75, 3.05) is 19.6 Å². The molecule has 0 aliphatic rings. The van der Waals surface area contributed by atoms with Gasteiger partial charge < -0.3 is 14.8 Å². The second-order valence-corrected chi connectivity index (χ2v) is 4.26. The standard InChI is InChI=1S/C13H24N4O/c1-5-14-8-12-9-15-10-17(12)11(4)13(18)16(6-2)7-3/h9-11,14H,5-8H2,1-4H3. The fourth-order valence-corrected chi connectivity index (χ4v) is 1.99. The summed E-state index contributed by atoms with van der Waals surface area (Å²) >= 11 is 0. The summed E-state index contributed by atoms with van der Waals surface area (Å²) in [4.78, 5) is 18.3. The van der Waals surface area contributed by atoms with Crippen LogP contribution in [0.1, 0.15) is 39.4 Å². The van der Waals surface area contributed by atoms with E-state index in [9.17, 15) is 4.79 Å². The first-order valence-corrected chi connectivity index (χ1v) is 6.65. The van der Waals surface area contributed by atoms with Crippen LogP contribution >= 0.6 is 0 Å². The van der Waals surface area contributed by atoms with Crippen LogP contribution in [0.15, 0.2) is 12.5 Å². The molecule has 0 saturated heterocycles. The van der Waals surface area contributed by atoms with Crippen molar-refractivity contribution < 1.29 is 4.79 Å². The molecule has 1 atom stereocenters. The zero-order valence-electron chi connectivity index (χ0n) is 11.8. The molecule has 1 rings (SSSR count). The lowest BCUT2D eigenvalue weighted by molar-refractivity contribution is -0.133. The van der Waals surface area contributed by atoms with Crippen molar-refractivity contribution in [2.24, 2.45) is 0 Å². The fraction of sp³-hybridized carbons (Fsp3) is 0.692. The second-order valence-electron chi connectivity index (χ2n) is 4.26. The molecule has 1 amide bonds. The molecule has 0 radical (unpaired) electrons. The van der Waals surface area contributed by atoms with Crippen molar-refractivity contribution >= 4 is 5.91 Å². The van der Waals surface area contributed by atoms with Crippen LogP contribution in [-0.4, -0.2) is 40.0 Å². The molecule has 1 N–H and O–H groups in total. The molecule has 1 aromatic rings. The molecule has 1 heterocycles. The maximum Gasteiger partial charge on any atom is 0.245 e. The molecular formula is C13H24N4O. The Kier molecular flexibility index (Phi) is 5.85. The third-order valence-electron chi connectivity index (χ3n) is 3.15. The highest BCUT2D eigenvalue weighted by Crippen LogP contribution is 2.13. The third kappa shape index (κ3) is 3.32. The molecule has 0 aliphatic heterocycles. The first-order valence-electron chi connectivity index (χ1n) is 6.65. The van der Waals surface area contributed by atoms with Gasteiger partial charge in [-0.25, -0.2) is 4.98 Å². The monoisotopic (exact) mass is 252 g/mol. The summed E-state index contributed by atoms with van der Waals surface area (Å²) in [5.41, 5.74) is 1.05. The molecule has 0 fully saturated rings. The number of aromatic nitrogens is 2. The van der Waals surface area contributed by atoms with E-state index in [1.807, 2.05) is 36.4 Å². The SMILES string of the molecule is CCNCc1cncn1C(C)C(=O)N(CC)CC. The summed E-state index contributed by atoms with van der Waals surface area (Å²) < 4.78 is 1.95. The van der Waals surface area contributed by atoms with Crippen molar-refractivity contribution in [1.82, 2.24) is 19.8 Å². The highest BCUT2D eigenvalue weighted by Gasteiger charge is 2.21. The Hall–Kier alpha value is -1.36. The highest BCUT2D eigenvalue weighted by atomic mass is 16.2. The van der Waals surface area contributed by atoms with Gasteiger partial charge in [0.25, 0.3) is 0 Å². The van der Waals surface area contributed by atoms with E-state index in [2.05, 4.69) is 17.2 Å². The normalized spacial score (nSPS) is 12.4. The lowest BCUT2D eigenvalue weighted by Gasteiger charge is -2.24. The highest BCUT2D eigenvalue weighted by molar-refractivity contribution is 5.80. The summed E-state index contributed by atoms with van der Waals surface area (Å²) in [5, 5.41) is 3.26. The van der Waals surface area contributed by atoms with Gasteiger partial charge in [0, 0.05) is 25.8 Å². The zero-order valence-corrected chi connectivity index (χ0v) is 11.8. The zero-order chi connectivity index (χ0) is 13.5. The van der Waals surface area contributed by atoms with Gasteiger partial charge >= 0.3 is 0 Å². The van der Waals surface area contributed by atoms with Crippen LogP contribution in [0.4, 0.5) is 0 Å². The van der Waals surface area contributed by atoms with E-state index in [0.29, 0.717) is 0 Å². The van der Waals surface area contributed by atoms with Gasteiger partial charge in [-0.2, -0.15) is 0 Å². The number of amides is 1. The third-order valence-corrected chi connectivity index (χ3v) is 3.15. The largest absolute Gasteiger partial charge is 0.341 e. The maximum absolute atomic E-state index is 12.3. The first-order chi connectivity index (χ1) is 8.65. The van der Waals surface area contributed by atoms with Crippen molar-refractivity contribution in [3.8, 4) is 0 Å². The van der Waals surface area contributed by atoms with Gasteiger partial charge in [-0.15, -0.1) is 0 Å². The van der Waals surface area contributed by atoms with Gasteiger partial charge in [0.15, 0.2) is 0 Å². The Morgan fingerprint density at radius 2 is 2.11 bits per heavy atom. The van der Waals surface area contributed by atoms with E-state index in [1.54, 1.807) is 6.33 Å². The van der Waals surface area contributed by atoms with Gasteiger partial charge in [0.1, 0.15) is 6.04 Å². The first kappa shape index (κ1) is 14.7. The summed E-state index contributed by atoms with van der Waals surface area (Å²) in [7, 11) is 0. The molecule has 18 heavy (non-hydrogen) atoms. The molecule has 5 heteroatoms. The lowest BCUT2D eigenvalue weighted by atomic mass is 10.2. The van der Waals surface area contributed by atoms with Gasteiger partial charge in [-0.3, -0.25) is 4.79 Å². The molecule has 1 unspecified atom stereocenters. The molecule has 0 spiro atoms. The predicted octanol–water partition coefficient (Wildman–Crippen LogP) is 1.42. The molecule has 0 saturated carbocycles. The van der Waals surface area contributed by atoms with Crippen LogP contribution in [0.2, 0.25) is 0 Å². The van der Waals surface area contributed by atoms with Crippen LogP contribution in [0, 0.1) is 0 Å². The molecule has 0 aliphatic carbocycles. The number of hydrogen-bond acceptors (Lipinski definition) is 3. The van der Waals surface area contributed by atoms with Crippen LogP contribution in [-0.2, 0) is 11.3 Å². The number of carbonyl (C=O) groups excluding carboxylic acids is 1. The fourth-order valence-electron chi connectivity index (χ4n) is 1.99. The van der Waals surface area contributed by atoms with Gasteiger partial charge in [0.2, 0.25) is 5.91 Å². The maximum atomic E-state index is 12.3. The molecule has 1 aromatic heterocycles. The van der Waals surface area contributed by atoms with E-state index >= 15 is 0 Å². The smallest absolute Gasteiger partial charge is 0.245 e. The Morgan fingerprint density at radius 3 is 2.67 bits per heavy atom. The number of likely N-dealkylation sites (N-methyl/N-ethyl adjacent to an activating group) is 1. The second kappa shape index (κ2) is 7.16. The number of imidazole rings is 1. The molecular weight excluding hydrogens is 228 g/mol. The Balaban J connectivity index is 2.79. The Morgan fingerprint density at radius 1 is 1.44 bits per heavy atom. The minimum atomic E-state index is -0.193. The minimum absolute atomic E-state index is 0.149. The molecule has 0 aromatic carbocycles. The number of hydrogen-bond donors (Lipinski definition) is 1. The van der Waals surface area contributed by atoms with Crippen molar-refractivity contribution in [1.29, 1.82) is 0 Å². The Bertz CT molecular complexity index is 371. The predicted molar refractivity (Wildman–Crippen MR) is 72.2 cm³/mol. The van der Waals surface area contributed by atoms with E-state index in [4.69, 9.17) is 0 Å². The average Bonchev–Trinajstić information content (AvgIpc) is 2.84. The quantitative estimate of drug-likeness (QED) is 0.798. The Labute approximate surface area is 109 Å². The molecule has 5 nitrogen and oxygen atoms in total. The van der Waals surface area contributed by atoms with E-state index in [0.717, 1.165) is 31.9 Å². The van der Waals surface area contributed by atoms with Gasteiger partial charge in [-0.1, -0.05) is 6.92 Å². The number of nitrogens with zero attached hydrogens (tertiary/aromatic N) is 3. The topological polar surface area (TPSA) is 50.2 Å². The number of carbonyl (C=O) groups is 1. The molecule has 102 valence electrons. The van der Waals surface area contributed by atoms with Gasteiger partial charge in [0.05, 0.1) is 12.0 Å². The van der Waals surface area contributed by atoms with Crippen molar-refractivity contribution in [3.05, 3.63) is 18.2 Å². The van der Waals surface area contributed by atoms with E-state index < -0.39 is 0 Å².